The summed E-state index contributed by atoms with van der Waals surface area (Å²) in [5.41, 5.74) is -0.455. The number of nitrogens with zero attached hydrogens (tertiary/aromatic N) is 1. The quantitative estimate of drug-likeness (QED) is 0.494. The maximum atomic E-state index is 12.2. The van der Waals surface area contributed by atoms with Gasteiger partial charge >= 0.3 is 0 Å². The Morgan fingerprint density at radius 2 is 2.11 bits per heavy atom. The molecule has 0 radical (unpaired) electrons. The Labute approximate surface area is 116 Å². The van der Waals surface area contributed by atoms with Crippen molar-refractivity contribution in [3.05, 3.63) is 12.7 Å². The minimum absolute atomic E-state index is 0.0710. The zero-order chi connectivity index (χ0) is 14.1. The third-order valence-electron chi connectivity index (χ3n) is 3.46. The average Bonchev–Trinajstić information content (AvgIpc) is 2.43. The van der Waals surface area contributed by atoms with Crippen LogP contribution in [0, 0.1) is 0 Å². The van der Waals surface area contributed by atoms with Crippen LogP contribution >= 0.6 is 0 Å². The zero-order valence-electron chi connectivity index (χ0n) is 12.2. The first kappa shape index (κ1) is 16.1. The Hall–Kier alpha value is -0.910. The molecular formula is C14H27N3O2. The van der Waals surface area contributed by atoms with Gasteiger partial charge in [0.25, 0.3) is 0 Å². The van der Waals surface area contributed by atoms with E-state index in [9.17, 15) is 4.79 Å². The van der Waals surface area contributed by atoms with Gasteiger partial charge in [0.05, 0.1) is 18.8 Å². The molecule has 2 N–H and O–H groups in total. The molecule has 1 fully saturated rings. The molecule has 1 heterocycles. The first-order valence-corrected chi connectivity index (χ1v) is 7.01. The van der Waals surface area contributed by atoms with Crippen molar-refractivity contribution < 1.29 is 9.53 Å². The van der Waals surface area contributed by atoms with E-state index in [0.717, 1.165) is 32.6 Å². The SMILES string of the molecule is C=CCCOCCNC(=O)C(C)(C)N1CCNCC1. The second-order valence-electron chi connectivity index (χ2n) is 5.24. The van der Waals surface area contributed by atoms with E-state index in [4.69, 9.17) is 4.74 Å². The fourth-order valence-corrected chi connectivity index (χ4v) is 2.09. The van der Waals surface area contributed by atoms with Crippen molar-refractivity contribution in [3.8, 4) is 0 Å². The van der Waals surface area contributed by atoms with Crippen LogP contribution in [0.2, 0.25) is 0 Å². The Morgan fingerprint density at radius 3 is 2.74 bits per heavy atom. The molecular weight excluding hydrogens is 242 g/mol. The van der Waals surface area contributed by atoms with Crippen molar-refractivity contribution in [2.75, 3.05) is 45.9 Å². The highest BCUT2D eigenvalue weighted by molar-refractivity contribution is 5.85. The van der Waals surface area contributed by atoms with Gasteiger partial charge in [-0.15, -0.1) is 6.58 Å². The fraction of sp³-hybridized carbons (Fsp3) is 0.786. The summed E-state index contributed by atoms with van der Waals surface area (Å²) in [5.74, 6) is 0.0710. The molecule has 110 valence electrons. The van der Waals surface area contributed by atoms with E-state index < -0.39 is 5.54 Å². The molecule has 1 aliphatic heterocycles. The van der Waals surface area contributed by atoms with Crippen LogP contribution < -0.4 is 10.6 Å². The van der Waals surface area contributed by atoms with E-state index in [-0.39, 0.29) is 5.91 Å². The van der Waals surface area contributed by atoms with Gasteiger partial charge in [-0.3, -0.25) is 9.69 Å². The van der Waals surface area contributed by atoms with Gasteiger partial charge in [0.2, 0.25) is 5.91 Å². The summed E-state index contributed by atoms with van der Waals surface area (Å²) in [5, 5.41) is 6.24. The standard InChI is InChI=1S/C14H27N3O2/c1-4-5-11-19-12-8-16-13(18)14(2,3)17-9-6-15-7-10-17/h4,15H,1,5-12H2,2-3H3,(H,16,18). The van der Waals surface area contributed by atoms with Crippen LogP contribution in [0.15, 0.2) is 12.7 Å². The van der Waals surface area contributed by atoms with Crippen LogP contribution in [0.5, 0.6) is 0 Å². The predicted molar refractivity (Wildman–Crippen MR) is 77.2 cm³/mol. The lowest BCUT2D eigenvalue weighted by Crippen LogP contribution is -2.60. The maximum absolute atomic E-state index is 12.2. The average molecular weight is 269 g/mol. The van der Waals surface area contributed by atoms with Crippen LogP contribution in [0.3, 0.4) is 0 Å². The number of hydrogen-bond donors (Lipinski definition) is 2. The van der Waals surface area contributed by atoms with Gasteiger partial charge in [-0.05, 0) is 20.3 Å². The van der Waals surface area contributed by atoms with Crippen LogP contribution in [-0.4, -0.2) is 62.3 Å². The van der Waals surface area contributed by atoms with Gasteiger partial charge < -0.3 is 15.4 Å². The van der Waals surface area contributed by atoms with E-state index in [0.29, 0.717) is 19.8 Å². The highest BCUT2D eigenvalue weighted by atomic mass is 16.5. The predicted octanol–water partition coefficient (Wildman–Crippen LogP) is 0.379. The number of piperazine rings is 1. The largest absolute Gasteiger partial charge is 0.379 e. The van der Waals surface area contributed by atoms with Crippen LogP contribution in [-0.2, 0) is 9.53 Å². The third-order valence-corrected chi connectivity index (χ3v) is 3.46. The number of hydrogen-bond acceptors (Lipinski definition) is 4. The molecule has 1 rings (SSSR count). The minimum atomic E-state index is -0.455. The van der Waals surface area contributed by atoms with Crippen molar-refractivity contribution in [2.24, 2.45) is 0 Å². The molecule has 19 heavy (non-hydrogen) atoms. The van der Waals surface area contributed by atoms with E-state index in [1.54, 1.807) is 0 Å². The molecule has 0 atom stereocenters. The van der Waals surface area contributed by atoms with Crippen LogP contribution in [0.1, 0.15) is 20.3 Å². The summed E-state index contributed by atoms with van der Waals surface area (Å²) in [6.45, 7) is 13.1. The Bertz CT molecular complexity index is 286. The second kappa shape index (κ2) is 8.30. The molecule has 1 saturated heterocycles. The maximum Gasteiger partial charge on any atom is 0.240 e. The summed E-state index contributed by atoms with van der Waals surface area (Å²) < 4.78 is 5.37. The van der Waals surface area contributed by atoms with Gasteiger partial charge in [0.1, 0.15) is 0 Å². The molecule has 0 unspecified atom stereocenters. The Balaban J connectivity index is 2.24. The molecule has 0 saturated carbocycles. The minimum Gasteiger partial charge on any atom is -0.379 e. The molecule has 0 spiro atoms. The number of amides is 1. The van der Waals surface area contributed by atoms with E-state index in [1.807, 2.05) is 19.9 Å². The van der Waals surface area contributed by atoms with Crippen molar-refractivity contribution in [2.45, 2.75) is 25.8 Å². The van der Waals surface area contributed by atoms with E-state index >= 15 is 0 Å². The first-order valence-electron chi connectivity index (χ1n) is 7.01. The lowest BCUT2D eigenvalue weighted by molar-refractivity contribution is -0.132. The van der Waals surface area contributed by atoms with Crippen molar-refractivity contribution >= 4 is 5.91 Å². The monoisotopic (exact) mass is 269 g/mol. The highest BCUT2D eigenvalue weighted by Crippen LogP contribution is 2.14. The molecule has 1 amide bonds. The number of ether oxygens (including phenoxy) is 1. The van der Waals surface area contributed by atoms with Gasteiger partial charge in [-0.25, -0.2) is 0 Å². The Kier molecular flexibility index (Phi) is 7.05. The van der Waals surface area contributed by atoms with Crippen molar-refractivity contribution in [1.82, 2.24) is 15.5 Å². The fourth-order valence-electron chi connectivity index (χ4n) is 2.09. The molecule has 0 aromatic carbocycles. The highest BCUT2D eigenvalue weighted by Gasteiger charge is 2.34. The molecule has 0 aliphatic carbocycles. The molecule has 5 nitrogen and oxygen atoms in total. The lowest BCUT2D eigenvalue weighted by atomic mass is 10.0. The molecule has 5 heteroatoms. The van der Waals surface area contributed by atoms with E-state index in [2.05, 4.69) is 22.1 Å². The van der Waals surface area contributed by atoms with Crippen molar-refractivity contribution in [3.63, 3.8) is 0 Å². The first-order chi connectivity index (χ1) is 9.09. The molecule has 0 aromatic rings. The Morgan fingerprint density at radius 1 is 1.42 bits per heavy atom. The number of rotatable bonds is 8. The van der Waals surface area contributed by atoms with Gasteiger partial charge in [0.15, 0.2) is 0 Å². The molecule has 0 bridgehead atoms. The summed E-state index contributed by atoms with van der Waals surface area (Å²) in [6.07, 6.45) is 2.67. The summed E-state index contributed by atoms with van der Waals surface area (Å²) in [7, 11) is 0. The molecule has 0 aromatic heterocycles. The van der Waals surface area contributed by atoms with Gasteiger partial charge in [0, 0.05) is 32.7 Å². The van der Waals surface area contributed by atoms with Gasteiger partial charge in [-0.1, -0.05) is 6.08 Å². The smallest absolute Gasteiger partial charge is 0.240 e. The molecule has 1 aliphatic rings. The van der Waals surface area contributed by atoms with Crippen molar-refractivity contribution in [1.29, 1.82) is 0 Å². The second-order valence-corrected chi connectivity index (χ2v) is 5.24. The number of nitrogens with one attached hydrogen (secondary N) is 2. The van der Waals surface area contributed by atoms with Crippen LogP contribution in [0.25, 0.3) is 0 Å². The normalized spacial score (nSPS) is 17.2. The third kappa shape index (κ3) is 5.30. The number of carbonyl (C=O) groups excluding carboxylic acids is 1. The van der Waals surface area contributed by atoms with E-state index in [1.165, 1.54) is 0 Å². The summed E-state index contributed by atoms with van der Waals surface area (Å²) in [4.78, 5) is 14.4. The topological polar surface area (TPSA) is 53.6 Å². The summed E-state index contributed by atoms with van der Waals surface area (Å²) >= 11 is 0. The zero-order valence-corrected chi connectivity index (χ0v) is 12.2. The summed E-state index contributed by atoms with van der Waals surface area (Å²) in [6, 6.07) is 0. The van der Waals surface area contributed by atoms with Crippen LogP contribution in [0.4, 0.5) is 0 Å². The lowest BCUT2D eigenvalue weighted by Gasteiger charge is -2.39. The van der Waals surface area contributed by atoms with Gasteiger partial charge in [-0.2, -0.15) is 0 Å². The number of carbonyl (C=O) groups is 1.